The molecule has 0 bridgehead atoms. The van der Waals surface area contributed by atoms with E-state index in [9.17, 15) is 13.2 Å². The van der Waals surface area contributed by atoms with E-state index < -0.39 is 11.6 Å². The summed E-state index contributed by atoms with van der Waals surface area (Å²) in [4.78, 5) is 0. The van der Waals surface area contributed by atoms with Crippen LogP contribution in [0, 0.1) is 0 Å². The van der Waals surface area contributed by atoms with Gasteiger partial charge in [0.1, 0.15) is 11.2 Å². The lowest BCUT2D eigenvalue weighted by Gasteiger charge is -2.42. The third-order valence-corrected chi connectivity index (χ3v) is 5.24. The zero-order chi connectivity index (χ0) is 15.5. The molecule has 1 aliphatic heterocycles. The fraction of sp³-hybridized carbons (Fsp3) is 0.571. The summed E-state index contributed by atoms with van der Waals surface area (Å²) in [5, 5.41) is 8.08. The summed E-state index contributed by atoms with van der Waals surface area (Å²) in [6.07, 6.45) is -0.769. The lowest BCUT2D eigenvalue weighted by atomic mass is 9.67. The third-order valence-electron chi connectivity index (χ3n) is 4.80. The molecule has 0 unspecified atom stereocenters. The topological polar surface area (TPSA) is 35.6 Å². The molecule has 8 heteroatoms. The number of nitrogens with zero attached hydrogens (tertiary/aromatic N) is 4. The molecule has 0 saturated heterocycles. The van der Waals surface area contributed by atoms with Crippen LogP contribution in [0.25, 0.3) is 11.5 Å². The zero-order valence-electron chi connectivity index (χ0n) is 11.7. The summed E-state index contributed by atoms with van der Waals surface area (Å²) >= 11 is 3.41. The van der Waals surface area contributed by atoms with Crippen molar-refractivity contribution in [2.45, 2.75) is 50.4 Å². The van der Waals surface area contributed by atoms with Gasteiger partial charge in [-0.15, -0.1) is 10.2 Å². The predicted octanol–water partition coefficient (Wildman–Crippen LogP) is 3.90. The van der Waals surface area contributed by atoms with Gasteiger partial charge < -0.3 is 9.13 Å². The maximum absolute atomic E-state index is 13.6. The van der Waals surface area contributed by atoms with Crippen LogP contribution in [0.5, 0.6) is 0 Å². The van der Waals surface area contributed by atoms with Crippen LogP contribution in [0.3, 0.4) is 0 Å². The molecule has 0 atom stereocenters. The van der Waals surface area contributed by atoms with Crippen molar-refractivity contribution in [2.24, 2.45) is 0 Å². The van der Waals surface area contributed by atoms with E-state index in [1.54, 1.807) is 4.57 Å². The first kappa shape index (κ1) is 14.3. The summed E-state index contributed by atoms with van der Waals surface area (Å²) in [6, 6.07) is 1.89. The van der Waals surface area contributed by atoms with E-state index in [1.807, 2.05) is 16.8 Å². The van der Waals surface area contributed by atoms with Crippen molar-refractivity contribution in [3.05, 3.63) is 22.6 Å². The Kier molecular flexibility index (Phi) is 2.99. The van der Waals surface area contributed by atoms with Crippen LogP contribution >= 0.6 is 15.9 Å². The molecule has 0 aromatic carbocycles. The number of rotatable bonds is 1. The lowest BCUT2D eigenvalue weighted by Crippen LogP contribution is -2.49. The highest BCUT2D eigenvalue weighted by Gasteiger charge is 2.62. The molecule has 1 saturated carbocycles. The van der Waals surface area contributed by atoms with Gasteiger partial charge in [-0.05, 0) is 41.3 Å². The second-order valence-corrected chi connectivity index (χ2v) is 6.94. The van der Waals surface area contributed by atoms with E-state index in [0.717, 1.165) is 23.1 Å². The number of alkyl halides is 3. The molecule has 1 fully saturated rings. The van der Waals surface area contributed by atoms with Gasteiger partial charge in [0.25, 0.3) is 0 Å². The van der Waals surface area contributed by atoms with Crippen molar-refractivity contribution in [1.29, 1.82) is 0 Å². The van der Waals surface area contributed by atoms with E-state index in [-0.39, 0.29) is 18.7 Å². The maximum Gasteiger partial charge on any atom is 0.401 e. The first-order chi connectivity index (χ1) is 10.4. The standard InChI is InChI=1S/C14H14BrF3N4/c15-9-7-10-11-19-20-12(13(3-1-4-13)14(16,17)18)22(11)6-2-5-21(10)8-9/h7-8H,1-6H2. The third kappa shape index (κ3) is 1.82. The van der Waals surface area contributed by atoms with E-state index >= 15 is 0 Å². The first-order valence-electron chi connectivity index (χ1n) is 7.29. The minimum atomic E-state index is -4.27. The second kappa shape index (κ2) is 4.59. The van der Waals surface area contributed by atoms with E-state index in [4.69, 9.17) is 0 Å². The Morgan fingerprint density at radius 1 is 1.14 bits per heavy atom. The van der Waals surface area contributed by atoms with Gasteiger partial charge in [0.2, 0.25) is 0 Å². The molecule has 0 spiro atoms. The van der Waals surface area contributed by atoms with Crippen LogP contribution in [0.15, 0.2) is 16.7 Å². The number of hydrogen-bond acceptors (Lipinski definition) is 2. The van der Waals surface area contributed by atoms with Crippen molar-refractivity contribution in [1.82, 2.24) is 19.3 Å². The summed E-state index contributed by atoms with van der Waals surface area (Å²) in [5.41, 5.74) is -0.989. The monoisotopic (exact) mass is 374 g/mol. The van der Waals surface area contributed by atoms with Crippen LogP contribution < -0.4 is 0 Å². The number of aryl methyl sites for hydroxylation is 1. The minimum Gasteiger partial charge on any atom is -0.344 e. The minimum absolute atomic E-state index is 0.0898. The van der Waals surface area contributed by atoms with Crippen LogP contribution in [-0.4, -0.2) is 25.5 Å². The van der Waals surface area contributed by atoms with Gasteiger partial charge in [0.15, 0.2) is 5.82 Å². The number of hydrogen-bond donors (Lipinski definition) is 0. The van der Waals surface area contributed by atoms with Gasteiger partial charge in [-0.1, -0.05) is 6.42 Å². The first-order valence-corrected chi connectivity index (χ1v) is 8.08. The molecule has 2 aromatic rings. The fourth-order valence-corrected chi connectivity index (χ4v) is 3.93. The SMILES string of the molecule is FC(F)(F)C1(c2nnc3n2CCCn2cc(Br)cc2-3)CCC1. The molecule has 1 aliphatic carbocycles. The van der Waals surface area contributed by atoms with Crippen molar-refractivity contribution < 1.29 is 13.2 Å². The highest BCUT2D eigenvalue weighted by Crippen LogP contribution is 2.54. The average molecular weight is 375 g/mol. The highest BCUT2D eigenvalue weighted by molar-refractivity contribution is 9.10. The van der Waals surface area contributed by atoms with E-state index in [2.05, 4.69) is 26.1 Å². The van der Waals surface area contributed by atoms with Gasteiger partial charge in [-0.3, -0.25) is 0 Å². The Labute approximate surface area is 133 Å². The Morgan fingerprint density at radius 3 is 2.55 bits per heavy atom. The Balaban J connectivity index is 1.88. The summed E-state index contributed by atoms with van der Waals surface area (Å²) in [5.74, 6) is 0.626. The molecule has 3 heterocycles. The lowest BCUT2D eigenvalue weighted by molar-refractivity contribution is -0.216. The molecule has 2 aromatic heterocycles. The van der Waals surface area contributed by atoms with Gasteiger partial charge in [-0.25, -0.2) is 0 Å². The van der Waals surface area contributed by atoms with Crippen molar-refractivity contribution in [3.8, 4) is 11.5 Å². The number of fused-ring (bicyclic) bond motifs is 3. The second-order valence-electron chi connectivity index (χ2n) is 6.02. The summed E-state index contributed by atoms with van der Waals surface area (Å²) in [6.45, 7) is 1.29. The Morgan fingerprint density at radius 2 is 1.91 bits per heavy atom. The van der Waals surface area contributed by atoms with E-state index in [1.165, 1.54) is 0 Å². The van der Waals surface area contributed by atoms with Crippen molar-refractivity contribution in [3.63, 3.8) is 0 Å². The number of aromatic nitrogens is 4. The molecular weight excluding hydrogens is 361 g/mol. The Bertz CT molecular complexity index is 727. The molecule has 0 radical (unpaired) electrons. The number of halogens is 4. The Hall–Kier alpha value is -1.31. The summed E-state index contributed by atoms with van der Waals surface area (Å²) in [7, 11) is 0. The maximum atomic E-state index is 13.6. The average Bonchev–Trinajstić information content (AvgIpc) is 2.88. The molecule has 0 amide bonds. The quantitative estimate of drug-likeness (QED) is 0.758. The van der Waals surface area contributed by atoms with Crippen LogP contribution in [0.4, 0.5) is 13.2 Å². The van der Waals surface area contributed by atoms with Gasteiger partial charge in [0.05, 0.1) is 5.69 Å². The predicted molar refractivity (Wildman–Crippen MR) is 77.3 cm³/mol. The molecule has 2 aliphatic rings. The van der Waals surface area contributed by atoms with Crippen LogP contribution in [0.1, 0.15) is 31.5 Å². The molecule has 0 N–H and O–H groups in total. The van der Waals surface area contributed by atoms with Crippen LogP contribution in [-0.2, 0) is 18.5 Å². The van der Waals surface area contributed by atoms with Crippen LogP contribution in [0.2, 0.25) is 0 Å². The largest absolute Gasteiger partial charge is 0.401 e. The van der Waals surface area contributed by atoms with Crippen molar-refractivity contribution >= 4 is 15.9 Å². The fourth-order valence-electron chi connectivity index (χ4n) is 3.47. The zero-order valence-corrected chi connectivity index (χ0v) is 13.3. The van der Waals surface area contributed by atoms with Gasteiger partial charge >= 0.3 is 6.18 Å². The van der Waals surface area contributed by atoms with Crippen molar-refractivity contribution in [2.75, 3.05) is 0 Å². The summed E-state index contributed by atoms with van der Waals surface area (Å²) < 4.78 is 45.4. The molecule has 4 nitrogen and oxygen atoms in total. The molecule has 4 rings (SSSR count). The molecule has 22 heavy (non-hydrogen) atoms. The van der Waals surface area contributed by atoms with Gasteiger partial charge in [0, 0.05) is 23.8 Å². The van der Waals surface area contributed by atoms with E-state index in [0.29, 0.717) is 18.8 Å². The molecule has 118 valence electrons. The van der Waals surface area contributed by atoms with Gasteiger partial charge in [-0.2, -0.15) is 13.2 Å². The smallest absolute Gasteiger partial charge is 0.344 e. The normalized spacial score (nSPS) is 20.0. The molecular formula is C14H14BrF3N4. The highest BCUT2D eigenvalue weighted by atomic mass is 79.9.